The Morgan fingerprint density at radius 2 is 1.50 bits per heavy atom. The lowest BCUT2D eigenvalue weighted by molar-refractivity contribution is -0.432. The molecule has 0 spiro atoms. The van der Waals surface area contributed by atoms with Gasteiger partial charge in [0, 0.05) is 5.56 Å². The van der Waals surface area contributed by atoms with Gasteiger partial charge in [0.05, 0.1) is 0 Å². The van der Waals surface area contributed by atoms with Gasteiger partial charge in [-0.2, -0.15) is 8.78 Å². The van der Waals surface area contributed by atoms with E-state index >= 15 is 0 Å². The highest BCUT2D eigenvalue weighted by Crippen LogP contribution is 2.40. The summed E-state index contributed by atoms with van der Waals surface area (Å²) >= 11 is 0. The Bertz CT molecular complexity index is 997. The molecule has 0 heterocycles. The van der Waals surface area contributed by atoms with Crippen LogP contribution in [0.3, 0.4) is 0 Å². The second-order valence-electron chi connectivity index (χ2n) is 8.55. The van der Waals surface area contributed by atoms with Crippen LogP contribution in [-0.2, 0) is 10.8 Å². The smallest absolute Gasteiger partial charge is 0.222 e. The monoisotopic (exact) mass is 492 g/mol. The van der Waals surface area contributed by atoms with E-state index in [0.29, 0.717) is 23.6 Å². The molecule has 34 heavy (non-hydrogen) atoms. The van der Waals surface area contributed by atoms with Crippen LogP contribution in [0.5, 0.6) is 0 Å². The van der Waals surface area contributed by atoms with Crippen LogP contribution in [0.25, 0.3) is 17.2 Å². The molecule has 0 aromatic heterocycles. The fraction of sp³-hybridized carbons (Fsp3) is 0.440. The summed E-state index contributed by atoms with van der Waals surface area (Å²) in [7, 11) is 0. The van der Waals surface area contributed by atoms with Crippen LogP contribution in [0.2, 0.25) is 0 Å². The minimum Gasteiger partial charge on any atom is -0.222 e. The van der Waals surface area contributed by atoms with Gasteiger partial charge in [-0.05, 0) is 66.8 Å². The molecule has 186 valence electrons. The van der Waals surface area contributed by atoms with Crippen LogP contribution in [0.4, 0.5) is 35.1 Å². The van der Waals surface area contributed by atoms with Gasteiger partial charge in [-0.15, -0.1) is 13.2 Å². The molecule has 0 atom stereocenters. The van der Waals surface area contributed by atoms with Crippen molar-refractivity contribution in [1.29, 1.82) is 0 Å². The minimum atomic E-state index is -5.83. The van der Waals surface area contributed by atoms with Crippen molar-refractivity contribution in [1.82, 2.24) is 0 Å². The summed E-state index contributed by atoms with van der Waals surface area (Å²) in [6.45, 7) is 2.17. The second kappa shape index (κ2) is 10.5. The number of halogens is 8. The fourth-order valence-corrected chi connectivity index (χ4v) is 4.40. The first kappa shape index (κ1) is 26.2. The van der Waals surface area contributed by atoms with Crippen molar-refractivity contribution >= 4 is 6.08 Å². The fourth-order valence-electron chi connectivity index (χ4n) is 4.40. The third-order valence-corrected chi connectivity index (χ3v) is 6.03. The maximum atomic E-state index is 14.7. The topological polar surface area (TPSA) is 9.23 Å². The van der Waals surface area contributed by atoms with Crippen LogP contribution < -0.4 is 0 Å². The number of alkyl halides is 5. The first-order valence-electron chi connectivity index (χ1n) is 11.0. The average molecular weight is 492 g/mol. The molecule has 0 bridgehead atoms. The molecule has 9 heteroatoms. The van der Waals surface area contributed by atoms with Crippen molar-refractivity contribution in [3.8, 4) is 11.1 Å². The van der Waals surface area contributed by atoms with E-state index in [1.54, 1.807) is 6.08 Å². The third-order valence-electron chi connectivity index (χ3n) is 6.03. The summed E-state index contributed by atoms with van der Waals surface area (Å²) < 4.78 is 109. The van der Waals surface area contributed by atoms with Crippen molar-refractivity contribution in [2.75, 3.05) is 0 Å². The predicted octanol–water partition coefficient (Wildman–Crippen LogP) is 8.98. The van der Waals surface area contributed by atoms with Gasteiger partial charge in [0.15, 0.2) is 0 Å². The van der Waals surface area contributed by atoms with Gasteiger partial charge in [0.2, 0.25) is 0 Å². The van der Waals surface area contributed by atoms with Crippen LogP contribution in [-0.4, -0.2) is 6.36 Å². The molecule has 1 fully saturated rings. The Morgan fingerprint density at radius 3 is 2.03 bits per heavy atom. The number of rotatable bonds is 7. The molecule has 0 N–H and O–H groups in total. The van der Waals surface area contributed by atoms with E-state index in [1.165, 1.54) is 18.6 Å². The Morgan fingerprint density at radius 1 is 0.882 bits per heavy atom. The van der Waals surface area contributed by atoms with Gasteiger partial charge in [-0.25, -0.2) is 17.9 Å². The quantitative estimate of drug-likeness (QED) is 0.351. The van der Waals surface area contributed by atoms with Crippen LogP contribution in [0.15, 0.2) is 36.4 Å². The Kier molecular flexibility index (Phi) is 8.06. The molecule has 0 radical (unpaired) electrons. The SMILES string of the molecule is CCCC1CCC(/C=C/c2ccc(-c3cc(F)c(C(F)(F)OC(F)(F)F)c(F)c3)c(F)c2)CC1. The molecular weight excluding hydrogens is 468 g/mol. The highest BCUT2D eigenvalue weighted by Gasteiger charge is 2.49. The molecule has 0 saturated heterocycles. The van der Waals surface area contributed by atoms with E-state index in [9.17, 15) is 35.1 Å². The molecule has 0 amide bonds. The molecule has 0 unspecified atom stereocenters. The van der Waals surface area contributed by atoms with Gasteiger partial charge in [0.1, 0.15) is 23.0 Å². The van der Waals surface area contributed by atoms with Crippen molar-refractivity contribution in [2.24, 2.45) is 11.8 Å². The summed E-state index contributed by atoms with van der Waals surface area (Å²) in [5, 5.41) is 0. The normalized spacial score (nSPS) is 19.7. The largest absolute Gasteiger partial charge is 0.527 e. The van der Waals surface area contributed by atoms with Crippen molar-refractivity contribution < 1.29 is 39.9 Å². The second-order valence-corrected chi connectivity index (χ2v) is 8.55. The zero-order valence-corrected chi connectivity index (χ0v) is 18.4. The Hall–Kier alpha value is -2.42. The number of allylic oxidation sites excluding steroid dienone is 1. The molecule has 1 aliphatic rings. The first-order valence-corrected chi connectivity index (χ1v) is 11.0. The third kappa shape index (κ3) is 6.58. The van der Waals surface area contributed by atoms with E-state index < -0.39 is 41.0 Å². The van der Waals surface area contributed by atoms with Crippen LogP contribution in [0.1, 0.15) is 56.6 Å². The van der Waals surface area contributed by atoms with Gasteiger partial charge < -0.3 is 0 Å². The summed E-state index contributed by atoms with van der Waals surface area (Å²) in [6.07, 6.45) is -0.573. The molecule has 2 aromatic carbocycles. The van der Waals surface area contributed by atoms with Gasteiger partial charge in [-0.3, -0.25) is 0 Å². The van der Waals surface area contributed by atoms with Crippen LogP contribution in [0, 0.1) is 29.3 Å². The lowest BCUT2D eigenvalue weighted by Crippen LogP contribution is -2.29. The molecule has 1 aliphatic carbocycles. The van der Waals surface area contributed by atoms with E-state index in [4.69, 9.17) is 0 Å². The van der Waals surface area contributed by atoms with Crippen molar-refractivity contribution in [2.45, 2.75) is 57.9 Å². The number of hydrogen-bond acceptors (Lipinski definition) is 1. The summed E-state index contributed by atoms with van der Waals surface area (Å²) in [6, 6.07) is 4.55. The summed E-state index contributed by atoms with van der Waals surface area (Å²) in [5.74, 6) is -3.72. The molecule has 0 aliphatic heterocycles. The summed E-state index contributed by atoms with van der Waals surface area (Å²) in [5.41, 5.74) is -2.42. The lowest BCUT2D eigenvalue weighted by atomic mass is 9.80. The van der Waals surface area contributed by atoms with Crippen molar-refractivity contribution in [3.63, 3.8) is 0 Å². The van der Waals surface area contributed by atoms with E-state index in [2.05, 4.69) is 11.7 Å². The standard InChI is InChI=1S/C25H24F8O/c1-2-3-15-4-6-16(7-5-15)8-9-17-10-11-19(20(26)12-17)18-13-21(27)23(22(28)14-18)24(29,30)34-25(31,32)33/h8-16H,2-7H2,1H3/b9-8+. The van der Waals surface area contributed by atoms with Crippen molar-refractivity contribution in [3.05, 3.63) is 65.0 Å². The predicted molar refractivity (Wildman–Crippen MR) is 112 cm³/mol. The Balaban J connectivity index is 1.77. The zero-order chi connectivity index (χ0) is 25.1. The van der Waals surface area contributed by atoms with Gasteiger partial charge in [-0.1, -0.05) is 44.1 Å². The van der Waals surface area contributed by atoms with E-state index in [1.807, 2.05) is 6.08 Å². The molecular formula is C25H24F8O. The lowest BCUT2D eigenvalue weighted by Gasteiger charge is -2.26. The van der Waals surface area contributed by atoms with E-state index in [0.717, 1.165) is 44.1 Å². The zero-order valence-electron chi connectivity index (χ0n) is 18.4. The Labute approximate surface area is 192 Å². The van der Waals surface area contributed by atoms with Gasteiger partial charge in [0.25, 0.3) is 0 Å². The number of hydrogen-bond donors (Lipinski definition) is 0. The van der Waals surface area contributed by atoms with Crippen LogP contribution >= 0.6 is 0 Å². The molecule has 3 rings (SSSR count). The molecule has 1 nitrogen and oxygen atoms in total. The highest BCUT2D eigenvalue weighted by molar-refractivity contribution is 5.67. The maximum Gasteiger partial charge on any atom is 0.527 e. The minimum absolute atomic E-state index is 0.290. The highest BCUT2D eigenvalue weighted by atomic mass is 19.4. The average Bonchev–Trinajstić information content (AvgIpc) is 2.71. The van der Waals surface area contributed by atoms with E-state index in [-0.39, 0.29) is 5.56 Å². The number of benzene rings is 2. The number of ether oxygens (including phenoxy) is 1. The van der Waals surface area contributed by atoms with Gasteiger partial charge >= 0.3 is 12.5 Å². The molecule has 1 saturated carbocycles. The summed E-state index contributed by atoms with van der Waals surface area (Å²) in [4.78, 5) is 0. The molecule has 2 aromatic rings. The maximum absolute atomic E-state index is 14.7. The first-order chi connectivity index (χ1) is 15.9.